The van der Waals surface area contributed by atoms with Crippen molar-refractivity contribution in [2.75, 3.05) is 6.61 Å². The first kappa shape index (κ1) is 14.2. The average Bonchev–Trinajstić information content (AvgIpc) is 3.18. The van der Waals surface area contributed by atoms with Gasteiger partial charge in [-0.05, 0) is 24.5 Å². The van der Waals surface area contributed by atoms with Crippen molar-refractivity contribution in [1.29, 1.82) is 0 Å². The SMILES string of the molecule is O=C(OP(O)O)C(=Cc1ccccc1)CCC1CO1. The molecule has 1 aliphatic heterocycles. The summed E-state index contributed by atoms with van der Waals surface area (Å²) in [5, 5.41) is 0. The smallest absolute Gasteiger partial charge is 0.391 e. The molecule has 0 radical (unpaired) electrons. The summed E-state index contributed by atoms with van der Waals surface area (Å²) in [5.41, 5.74) is 1.28. The molecule has 0 amide bonds. The van der Waals surface area contributed by atoms with Gasteiger partial charge in [0.25, 0.3) is 0 Å². The van der Waals surface area contributed by atoms with E-state index in [9.17, 15) is 4.79 Å². The average molecular weight is 282 g/mol. The van der Waals surface area contributed by atoms with Gasteiger partial charge in [-0.25, -0.2) is 4.79 Å². The van der Waals surface area contributed by atoms with Crippen LogP contribution in [0.4, 0.5) is 0 Å². The maximum absolute atomic E-state index is 11.8. The molecule has 1 unspecified atom stereocenters. The quantitative estimate of drug-likeness (QED) is 0.474. The largest absolute Gasteiger partial charge is 0.394 e. The van der Waals surface area contributed by atoms with Crippen LogP contribution in [0.3, 0.4) is 0 Å². The van der Waals surface area contributed by atoms with Gasteiger partial charge in [0.1, 0.15) is 0 Å². The third-order valence-electron chi connectivity index (χ3n) is 2.71. The van der Waals surface area contributed by atoms with Gasteiger partial charge < -0.3 is 19.0 Å². The zero-order chi connectivity index (χ0) is 13.7. The minimum Gasteiger partial charge on any atom is -0.391 e. The Labute approximate surface area is 112 Å². The number of benzene rings is 1. The predicted octanol–water partition coefficient (Wildman–Crippen LogP) is 2.00. The second-order valence-corrected chi connectivity index (χ2v) is 4.89. The molecule has 1 aromatic carbocycles. The van der Waals surface area contributed by atoms with Crippen molar-refractivity contribution in [3.05, 3.63) is 41.5 Å². The van der Waals surface area contributed by atoms with Crippen molar-refractivity contribution in [2.45, 2.75) is 18.9 Å². The molecule has 2 rings (SSSR count). The topological polar surface area (TPSA) is 79.3 Å². The normalized spacial score (nSPS) is 18.5. The Morgan fingerprint density at radius 2 is 2.11 bits per heavy atom. The van der Waals surface area contributed by atoms with Crippen molar-refractivity contribution in [1.82, 2.24) is 0 Å². The zero-order valence-electron chi connectivity index (χ0n) is 10.2. The van der Waals surface area contributed by atoms with Crippen molar-refractivity contribution in [2.24, 2.45) is 0 Å². The van der Waals surface area contributed by atoms with Gasteiger partial charge in [-0.15, -0.1) is 0 Å². The second-order valence-electron chi connectivity index (χ2n) is 4.21. The standard InChI is InChI=1S/C13H15O5P/c14-13(18-19(15)16)11(6-7-12-9-17-12)8-10-4-2-1-3-5-10/h1-5,8,12,15-16H,6-7,9H2. The van der Waals surface area contributed by atoms with Crippen LogP contribution in [0.5, 0.6) is 0 Å². The van der Waals surface area contributed by atoms with Gasteiger partial charge in [0.2, 0.25) is 0 Å². The lowest BCUT2D eigenvalue weighted by Gasteiger charge is -2.07. The molecular formula is C13H15O5P. The summed E-state index contributed by atoms with van der Waals surface area (Å²) in [6, 6.07) is 9.34. The predicted molar refractivity (Wildman–Crippen MR) is 70.8 cm³/mol. The van der Waals surface area contributed by atoms with Crippen LogP contribution < -0.4 is 0 Å². The fourth-order valence-corrected chi connectivity index (χ4v) is 1.93. The Kier molecular flexibility index (Phi) is 5.05. The van der Waals surface area contributed by atoms with Crippen LogP contribution in [-0.2, 0) is 14.1 Å². The van der Waals surface area contributed by atoms with E-state index < -0.39 is 14.6 Å². The van der Waals surface area contributed by atoms with Crippen LogP contribution in [0.15, 0.2) is 35.9 Å². The molecule has 2 N–H and O–H groups in total. The maximum atomic E-state index is 11.8. The van der Waals surface area contributed by atoms with Crippen molar-refractivity contribution in [3.8, 4) is 0 Å². The van der Waals surface area contributed by atoms with Gasteiger partial charge in [0.15, 0.2) is 0 Å². The molecule has 0 spiro atoms. The highest BCUT2D eigenvalue weighted by Gasteiger charge is 2.24. The van der Waals surface area contributed by atoms with Crippen LogP contribution in [-0.4, -0.2) is 28.5 Å². The lowest BCUT2D eigenvalue weighted by atomic mass is 10.1. The first-order chi connectivity index (χ1) is 9.15. The van der Waals surface area contributed by atoms with Gasteiger partial charge in [-0.3, -0.25) is 0 Å². The van der Waals surface area contributed by atoms with Gasteiger partial charge in [-0.1, -0.05) is 30.3 Å². The summed E-state index contributed by atoms with van der Waals surface area (Å²) in [7, 11) is -2.68. The van der Waals surface area contributed by atoms with Crippen LogP contribution in [0.1, 0.15) is 18.4 Å². The highest BCUT2D eigenvalue weighted by Crippen LogP contribution is 2.29. The van der Waals surface area contributed by atoms with Crippen molar-refractivity contribution < 1.29 is 23.8 Å². The lowest BCUT2D eigenvalue weighted by Crippen LogP contribution is -2.06. The molecule has 6 heteroatoms. The Balaban J connectivity index is 2.07. The summed E-state index contributed by atoms with van der Waals surface area (Å²) in [6.45, 7) is 0.723. The van der Waals surface area contributed by atoms with E-state index in [1.54, 1.807) is 6.08 Å². The third-order valence-corrected chi connectivity index (χ3v) is 3.03. The number of hydrogen-bond donors (Lipinski definition) is 2. The van der Waals surface area contributed by atoms with Gasteiger partial charge >= 0.3 is 14.6 Å². The second kappa shape index (κ2) is 6.78. The van der Waals surface area contributed by atoms with Gasteiger partial charge in [-0.2, -0.15) is 0 Å². The fraction of sp³-hybridized carbons (Fsp3) is 0.308. The minimum absolute atomic E-state index is 0.205. The van der Waals surface area contributed by atoms with Gasteiger partial charge in [0.05, 0.1) is 12.7 Å². The molecule has 0 aromatic heterocycles. The highest BCUT2D eigenvalue weighted by molar-refractivity contribution is 7.40. The molecule has 5 nitrogen and oxygen atoms in total. The number of epoxide rings is 1. The number of carbonyl (C=O) groups excluding carboxylic acids is 1. The molecule has 102 valence electrons. The molecule has 0 saturated carbocycles. The van der Waals surface area contributed by atoms with E-state index in [4.69, 9.17) is 14.5 Å². The molecule has 1 aromatic rings. The van der Waals surface area contributed by atoms with Crippen LogP contribution in [0, 0.1) is 0 Å². The lowest BCUT2D eigenvalue weighted by molar-refractivity contribution is -0.130. The van der Waals surface area contributed by atoms with Crippen molar-refractivity contribution in [3.63, 3.8) is 0 Å². The molecule has 19 heavy (non-hydrogen) atoms. The number of ether oxygens (including phenoxy) is 1. The van der Waals surface area contributed by atoms with E-state index in [0.29, 0.717) is 12.0 Å². The van der Waals surface area contributed by atoms with Crippen LogP contribution in [0.25, 0.3) is 6.08 Å². The molecule has 1 atom stereocenters. The summed E-state index contributed by atoms with van der Waals surface area (Å²) in [6.07, 6.45) is 3.12. The van der Waals surface area contributed by atoms with E-state index in [2.05, 4.69) is 4.52 Å². The monoisotopic (exact) mass is 282 g/mol. The maximum Gasteiger partial charge on any atom is 0.394 e. The van der Waals surface area contributed by atoms with E-state index in [-0.39, 0.29) is 6.10 Å². The highest BCUT2D eigenvalue weighted by atomic mass is 31.2. The summed E-state index contributed by atoms with van der Waals surface area (Å²) in [5.74, 6) is -0.694. The van der Waals surface area contributed by atoms with Crippen LogP contribution in [0.2, 0.25) is 0 Å². The molecule has 1 heterocycles. The Bertz CT molecular complexity index is 453. The summed E-state index contributed by atoms with van der Waals surface area (Å²) >= 11 is 0. The third kappa shape index (κ3) is 5.09. The number of rotatable bonds is 6. The van der Waals surface area contributed by atoms with E-state index >= 15 is 0 Å². The number of hydrogen-bond acceptors (Lipinski definition) is 5. The fourth-order valence-electron chi connectivity index (χ4n) is 1.67. The minimum atomic E-state index is -2.68. The molecule has 1 fully saturated rings. The first-order valence-electron chi connectivity index (χ1n) is 5.92. The summed E-state index contributed by atoms with van der Waals surface area (Å²) in [4.78, 5) is 29.3. The van der Waals surface area contributed by atoms with E-state index in [0.717, 1.165) is 18.6 Å². The first-order valence-corrected chi connectivity index (χ1v) is 7.09. The van der Waals surface area contributed by atoms with Gasteiger partial charge in [0, 0.05) is 5.57 Å². The van der Waals surface area contributed by atoms with E-state index in [1.165, 1.54) is 0 Å². The molecule has 0 aliphatic carbocycles. The molecule has 0 bridgehead atoms. The Morgan fingerprint density at radius 3 is 2.68 bits per heavy atom. The molecule has 1 aliphatic rings. The molecule has 1 saturated heterocycles. The zero-order valence-corrected chi connectivity index (χ0v) is 11.1. The Hall–Kier alpha value is -1.26. The Morgan fingerprint density at radius 1 is 1.42 bits per heavy atom. The number of carbonyl (C=O) groups is 1. The van der Waals surface area contributed by atoms with Crippen LogP contribution >= 0.6 is 8.60 Å². The van der Waals surface area contributed by atoms with Crippen molar-refractivity contribution >= 4 is 20.6 Å². The summed E-state index contributed by atoms with van der Waals surface area (Å²) < 4.78 is 9.56. The molecular weight excluding hydrogens is 267 g/mol. The van der Waals surface area contributed by atoms with E-state index in [1.807, 2.05) is 30.3 Å².